The molecule has 0 aliphatic rings. The topological polar surface area (TPSA) is 61.4 Å². The highest BCUT2D eigenvalue weighted by atomic mass is 16.3. The van der Waals surface area contributed by atoms with Gasteiger partial charge in [-0.05, 0) is 29.5 Å². The summed E-state index contributed by atoms with van der Waals surface area (Å²) >= 11 is 0. The number of anilines is 1. The molecule has 0 atom stereocenters. The summed E-state index contributed by atoms with van der Waals surface area (Å²) in [6.45, 7) is 7.01. The number of rotatable bonds is 4. The molecule has 0 fully saturated rings. The van der Waals surface area contributed by atoms with E-state index < -0.39 is 0 Å². The number of hydrogen-bond donors (Lipinski definition) is 3. The maximum absolute atomic E-state index is 11.5. The lowest BCUT2D eigenvalue weighted by Gasteiger charge is -2.19. The van der Waals surface area contributed by atoms with Crippen LogP contribution in [0, 0.1) is 0 Å². The Bertz CT molecular complexity index is 380. The van der Waals surface area contributed by atoms with Gasteiger partial charge in [0.05, 0.1) is 0 Å². The van der Waals surface area contributed by atoms with Gasteiger partial charge in [-0.25, -0.2) is 4.79 Å². The van der Waals surface area contributed by atoms with E-state index in [2.05, 4.69) is 31.4 Å². The smallest absolute Gasteiger partial charge is 0.319 e. The number of hydrogen-bond acceptors (Lipinski definition) is 2. The third-order valence-electron chi connectivity index (χ3n) is 2.63. The lowest BCUT2D eigenvalue weighted by atomic mass is 9.87. The summed E-state index contributed by atoms with van der Waals surface area (Å²) in [7, 11) is 0. The average molecular weight is 250 g/mol. The second-order valence-corrected chi connectivity index (χ2v) is 5.29. The highest BCUT2D eigenvalue weighted by Crippen LogP contribution is 2.23. The van der Waals surface area contributed by atoms with Gasteiger partial charge >= 0.3 is 6.03 Å². The van der Waals surface area contributed by atoms with Gasteiger partial charge in [0.15, 0.2) is 0 Å². The average Bonchev–Trinajstić information content (AvgIpc) is 2.29. The first-order valence-electron chi connectivity index (χ1n) is 6.20. The van der Waals surface area contributed by atoms with Crippen LogP contribution >= 0.6 is 0 Å². The summed E-state index contributed by atoms with van der Waals surface area (Å²) < 4.78 is 0. The Labute approximate surface area is 108 Å². The molecule has 4 heteroatoms. The van der Waals surface area contributed by atoms with Crippen molar-refractivity contribution in [1.29, 1.82) is 0 Å². The molecule has 0 bridgehead atoms. The van der Waals surface area contributed by atoms with Gasteiger partial charge in [0.2, 0.25) is 0 Å². The number of carbonyl (C=O) groups is 1. The number of carbonyl (C=O) groups excluding carboxylic acids is 1. The molecule has 0 aromatic heterocycles. The van der Waals surface area contributed by atoms with Gasteiger partial charge in [0, 0.05) is 18.8 Å². The van der Waals surface area contributed by atoms with E-state index in [0.29, 0.717) is 13.0 Å². The molecule has 100 valence electrons. The van der Waals surface area contributed by atoms with E-state index in [0.717, 1.165) is 5.69 Å². The zero-order chi connectivity index (χ0) is 13.6. The van der Waals surface area contributed by atoms with Crippen LogP contribution in [0.15, 0.2) is 24.3 Å². The first kappa shape index (κ1) is 14.5. The van der Waals surface area contributed by atoms with Crippen LogP contribution in [0.25, 0.3) is 0 Å². The number of aliphatic hydroxyl groups is 1. The van der Waals surface area contributed by atoms with Crippen molar-refractivity contribution >= 4 is 11.7 Å². The molecule has 0 saturated heterocycles. The number of urea groups is 1. The minimum Gasteiger partial charge on any atom is -0.396 e. The van der Waals surface area contributed by atoms with Crippen molar-refractivity contribution in [2.45, 2.75) is 32.6 Å². The fourth-order valence-corrected chi connectivity index (χ4v) is 1.51. The van der Waals surface area contributed by atoms with Crippen molar-refractivity contribution < 1.29 is 9.90 Å². The molecule has 0 radical (unpaired) electrons. The van der Waals surface area contributed by atoms with Crippen LogP contribution in [-0.2, 0) is 5.41 Å². The van der Waals surface area contributed by atoms with Gasteiger partial charge in [-0.2, -0.15) is 0 Å². The predicted octanol–water partition coefficient (Wildman–Crippen LogP) is 2.49. The standard InChI is InChI=1S/C14H22N2O2/c1-14(2,3)11-5-7-12(8-6-11)16-13(18)15-9-4-10-17/h5-8,17H,4,9-10H2,1-3H3,(H2,15,16,18). The Morgan fingerprint density at radius 1 is 1.22 bits per heavy atom. The molecular weight excluding hydrogens is 228 g/mol. The summed E-state index contributed by atoms with van der Waals surface area (Å²) in [4.78, 5) is 11.5. The van der Waals surface area contributed by atoms with Crippen molar-refractivity contribution in [3.05, 3.63) is 29.8 Å². The van der Waals surface area contributed by atoms with E-state index in [9.17, 15) is 4.79 Å². The lowest BCUT2D eigenvalue weighted by Crippen LogP contribution is -2.29. The van der Waals surface area contributed by atoms with Crippen LogP contribution < -0.4 is 10.6 Å². The fraction of sp³-hybridized carbons (Fsp3) is 0.500. The largest absolute Gasteiger partial charge is 0.396 e. The van der Waals surface area contributed by atoms with E-state index in [1.807, 2.05) is 24.3 Å². The van der Waals surface area contributed by atoms with Crippen LogP contribution in [0.1, 0.15) is 32.8 Å². The molecule has 0 saturated carbocycles. The summed E-state index contributed by atoms with van der Waals surface area (Å²) in [5, 5.41) is 14.0. The molecule has 1 rings (SSSR count). The molecule has 0 aliphatic carbocycles. The Morgan fingerprint density at radius 2 is 1.83 bits per heavy atom. The Kier molecular flexibility index (Phi) is 5.16. The Hall–Kier alpha value is -1.55. The van der Waals surface area contributed by atoms with Crippen LogP contribution in [0.5, 0.6) is 0 Å². The first-order chi connectivity index (χ1) is 8.43. The van der Waals surface area contributed by atoms with Crippen LogP contribution in [0.3, 0.4) is 0 Å². The molecule has 1 aromatic carbocycles. The highest BCUT2D eigenvalue weighted by molar-refractivity contribution is 5.89. The van der Waals surface area contributed by atoms with Gasteiger partial charge in [-0.1, -0.05) is 32.9 Å². The molecule has 0 spiro atoms. The summed E-state index contributed by atoms with van der Waals surface area (Å²) in [6.07, 6.45) is 0.566. The zero-order valence-corrected chi connectivity index (χ0v) is 11.3. The Morgan fingerprint density at radius 3 is 2.33 bits per heavy atom. The Balaban J connectivity index is 2.51. The van der Waals surface area contributed by atoms with E-state index in [1.165, 1.54) is 5.56 Å². The zero-order valence-electron chi connectivity index (χ0n) is 11.3. The van der Waals surface area contributed by atoms with Crippen LogP contribution in [-0.4, -0.2) is 24.3 Å². The second-order valence-electron chi connectivity index (χ2n) is 5.29. The number of benzene rings is 1. The molecule has 2 amide bonds. The van der Waals surface area contributed by atoms with Gasteiger partial charge in [0.25, 0.3) is 0 Å². The third-order valence-corrected chi connectivity index (χ3v) is 2.63. The highest BCUT2D eigenvalue weighted by Gasteiger charge is 2.12. The minimum absolute atomic E-state index is 0.0839. The molecule has 0 aliphatic heterocycles. The van der Waals surface area contributed by atoms with Gasteiger partial charge in [-0.15, -0.1) is 0 Å². The van der Waals surface area contributed by atoms with Gasteiger partial charge < -0.3 is 15.7 Å². The van der Waals surface area contributed by atoms with Crippen molar-refractivity contribution in [2.75, 3.05) is 18.5 Å². The van der Waals surface area contributed by atoms with Crippen molar-refractivity contribution in [3.8, 4) is 0 Å². The van der Waals surface area contributed by atoms with E-state index in [4.69, 9.17) is 5.11 Å². The predicted molar refractivity (Wildman–Crippen MR) is 73.9 cm³/mol. The van der Waals surface area contributed by atoms with Crippen molar-refractivity contribution in [3.63, 3.8) is 0 Å². The van der Waals surface area contributed by atoms with Crippen LogP contribution in [0.4, 0.5) is 10.5 Å². The van der Waals surface area contributed by atoms with Gasteiger partial charge in [-0.3, -0.25) is 0 Å². The normalized spacial score (nSPS) is 11.1. The molecule has 3 N–H and O–H groups in total. The fourth-order valence-electron chi connectivity index (χ4n) is 1.51. The van der Waals surface area contributed by atoms with Crippen molar-refractivity contribution in [1.82, 2.24) is 5.32 Å². The van der Waals surface area contributed by atoms with E-state index in [1.54, 1.807) is 0 Å². The summed E-state index contributed by atoms with van der Waals surface area (Å²) in [5.41, 5.74) is 2.11. The molecule has 0 heterocycles. The first-order valence-corrected chi connectivity index (χ1v) is 6.20. The third kappa shape index (κ3) is 4.75. The molecule has 4 nitrogen and oxygen atoms in total. The quantitative estimate of drug-likeness (QED) is 0.719. The number of nitrogens with one attached hydrogen (secondary N) is 2. The second kappa shape index (κ2) is 6.40. The van der Waals surface area contributed by atoms with E-state index in [-0.39, 0.29) is 18.1 Å². The van der Waals surface area contributed by atoms with Gasteiger partial charge in [0.1, 0.15) is 0 Å². The molecule has 18 heavy (non-hydrogen) atoms. The summed E-state index contributed by atoms with van der Waals surface area (Å²) in [6, 6.07) is 7.58. The SMILES string of the molecule is CC(C)(C)c1ccc(NC(=O)NCCCO)cc1. The van der Waals surface area contributed by atoms with Crippen molar-refractivity contribution in [2.24, 2.45) is 0 Å². The molecule has 0 unspecified atom stereocenters. The number of aliphatic hydroxyl groups excluding tert-OH is 1. The maximum atomic E-state index is 11.5. The maximum Gasteiger partial charge on any atom is 0.319 e. The van der Waals surface area contributed by atoms with Crippen LogP contribution in [0.2, 0.25) is 0 Å². The lowest BCUT2D eigenvalue weighted by molar-refractivity contribution is 0.249. The molecule has 1 aromatic rings. The number of amides is 2. The molecular formula is C14H22N2O2. The van der Waals surface area contributed by atoms with E-state index >= 15 is 0 Å². The minimum atomic E-state index is -0.244. The monoisotopic (exact) mass is 250 g/mol. The summed E-state index contributed by atoms with van der Waals surface area (Å²) in [5.74, 6) is 0.